The first-order valence-electron chi connectivity index (χ1n) is 8.96. The van der Waals surface area contributed by atoms with Crippen molar-refractivity contribution < 1.29 is 14.0 Å². The molecule has 28 heavy (non-hydrogen) atoms. The van der Waals surface area contributed by atoms with E-state index < -0.39 is 5.82 Å². The standard InChI is InChI=1S/C21H21FN4O2/c1-15(18-5-2-3-6-19(18)26-14-4-12-24-26)25-20(27)11-13-23-21(28)16-7-9-17(22)10-8-16/h2-10,12,14-15H,11,13H2,1H3,(H,23,28)(H,25,27). The van der Waals surface area contributed by atoms with Gasteiger partial charge in [-0.05, 0) is 48.9 Å². The van der Waals surface area contributed by atoms with E-state index in [4.69, 9.17) is 0 Å². The molecular formula is C21H21FN4O2. The molecule has 3 rings (SSSR count). The van der Waals surface area contributed by atoms with E-state index in [2.05, 4.69) is 15.7 Å². The lowest BCUT2D eigenvalue weighted by molar-refractivity contribution is -0.121. The zero-order valence-electron chi connectivity index (χ0n) is 15.4. The van der Waals surface area contributed by atoms with Gasteiger partial charge in [-0.3, -0.25) is 9.59 Å². The van der Waals surface area contributed by atoms with Crippen LogP contribution in [0.15, 0.2) is 67.0 Å². The summed E-state index contributed by atoms with van der Waals surface area (Å²) >= 11 is 0. The molecule has 0 aliphatic heterocycles. The summed E-state index contributed by atoms with van der Waals surface area (Å²) in [5.74, 6) is -0.924. The van der Waals surface area contributed by atoms with Crippen molar-refractivity contribution in [3.8, 4) is 5.69 Å². The zero-order valence-corrected chi connectivity index (χ0v) is 15.4. The number of aromatic nitrogens is 2. The molecule has 1 heterocycles. The first-order chi connectivity index (χ1) is 13.5. The molecule has 0 aliphatic rings. The van der Waals surface area contributed by atoms with Crippen LogP contribution in [-0.4, -0.2) is 28.1 Å². The largest absolute Gasteiger partial charge is 0.352 e. The van der Waals surface area contributed by atoms with Crippen molar-refractivity contribution in [2.24, 2.45) is 0 Å². The third-order valence-electron chi connectivity index (χ3n) is 4.28. The number of nitrogens with one attached hydrogen (secondary N) is 2. The molecule has 2 aromatic carbocycles. The molecule has 2 amide bonds. The zero-order chi connectivity index (χ0) is 19.9. The van der Waals surface area contributed by atoms with Gasteiger partial charge in [0, 0.05) is 30.9 Å². The van der Waals surface area contributed by atoms with Gasteiger partial charge < -0.3 is 10.6 Å². The van der Waals surface area contributed by atoms with Gasteiger partial charge in [0.05, 0.1) is 11.7 Å². The monoisotopic (exact) mass is 380 g/mol. The Bertz CT molecular complexity index is 939. The number of rotatable bonds is 7. The van der Waals surface area contributed by atoms with Crippen LogP contribution in [0.3, 0.4) is 0 Å². The summed E-state index contributed by atoms with van der Waals surface area (Å²) in [7, 11) is 0. The summed E-state index contributed by atoms with van der Waals surface area (Å²) in [6.45, 7) is 2.09. The highest BCUT2D eigenvalue weighted by Crippen LogP contribution is 2.20. The van der Waals surface area contributed by atoms with Crippen molar-refractivity contribution in [3.05, 3.63) is 83.9 Å². The molecule has 0 saturated carbocycles. The van der Waals surface area contributed by atoms with Crippen LogP contribution >= 0.6 is 0 Å². The molecule has 0 fully saturated rings. The van der Waals surface area contributed by atoms with E-state index in [0.29, 0.717) is 5.56 Å². The van der Waals surface area contributed by atoms with Crippen molar-refractivity contribution in [1.82, 2.24) is 20.4 Å². The van der Waals surface area contributed by atoms with Crippen LogP contribution in [0.2, 0.25) is 0 Å². The molecule has 7 heteroatoms. The Labute approximate surface area is 162 Å². The maximum Gasteiger partial charge on any atom is 0.251 e. The van der Waals surface area contributed by atoms with Crippen molar-refractivity contribution in [1.29, 1.82) is 0 Å². The number of hydrogen-bond acceptors (Lipinski definition) is 3. The number of carbonyl (C=O) groups is 2. The summed E-state index contributed by atoms with van der Waals surface area (Å²) in [5, 5.41) is 9.84. The molecule has 1 unspecified atom stereocenters. The number of amides is 2. The van der Waals surface area contributed by atoms with E-state index in [-0.39, 0.29) is 30.8 Å². The predicted octanol–water partition coefficient (Wildman–Crippen LogP) is 3.01. The van der Waals surface area contributed by atoms with E-state index >= 15 is 0 Å². The lowest BCUT2D eigenvalue weighted by atomic mass is 10.1. The van der Waals surface area contributed by atoms with Gasteiger partial charge in [0.25, 0.3) is 5.91 Å². The molecule has 1 atom stereocenters. The Morgan fingerprint density at radius 1 is 1.11 bits per heavy atom. The SMILES string of the molecule is CC(NC(=O)CCNC(=O)c1ccc(F)cc1)c1ccccc1-n1cccn1. The normalized spacial score (nSPS) is 11.6. The van der Waals surface area contributed by atoms with Crippen molar-refractivity contribution >= 4 is 11.8 Å². The summed E-state index contributed by atoms with van der Waals surface area (Å²) in [6.07, 6.45) is 3.68. The van der Waals surface area contributed by atoms with Gasteiger partial charge in [0.2, 0.25) is 5.91 Å². The lowest BCUT2D eigenvalue weighted by Gasteiger charge is -2.18. The second-order valence-corrected chi connectivity index (χ2v) is 6.31. The molecule has 0 aliphatic carbocycles. The predicted molar refractivity (Wildman–Crippen MR) is 103 cm³/mol. The summed E-state index contributed by atoms with van der Waals surface area (Å²) in [6, 6.07) is 14.6. The van der Waals surface area contributed by atoms with E-state index in [1.54, 1.807) is 10.9 Å². The molecule has 0 spiro atoms. The molecular weight excluding hydrogens is 359 g/mol. The van der Waals surface area contributed by atoms with Gasteiger partial charge in [0.15, 0.2) is 0 Å². The fourth-order valence-electron chi connectivity index (χ4n) is 2.86. The van der Waals surface area contributed by atoms with Gasteiger partial charge in [-0.25, -0.2) is 9.07 Å². The van der Waals surface area contributed by atoms with E-state index in [1.807, 2.05) is 43.5 Å². The molecule has 0 saturated heterocycles. The number of nitrogens with zero attached hydrogens (tertiary/aromatic N) is 2. The number of halogens is 1. The molecule has 1 aromatic heterocycles. The Balaban J connectivity index is 1.53. The Kier molecular flexibility index (Phi) is 6.16. The lowest BCUT2D eigenvalue weighted by Crippen LogP contribution is -2.32. The number of carbonyl (C=O) groups excluding carboxylic acids is 2. The first kappa shape index (κ1) is 19.3. The van der Waals surface area contributed by atoms with Crippen LogP contribution in [0.4, 0.5) is 4.39 Å². The minimum atomic E-state index is -0.402. The number of hydrogen-bond donors (Lipinski definition) is 2. The van der Waals surface area contributed by atoms with Crippen LogP contribution < -0.4 is 10.6 Å². The fourth-order valence-corrected chi connectivity index (χ4v) is 2.86. The molecule has 0 bridgehead atoms. The van der Waals surface area contributed by atoms with Gasteiger partial charge >= 0.3 is 0 Å². The van der Waals surface area contributed by atoms with Crippen LogP contribution in [0.25, 0.3) is 5.69 Å². The van der Waals surface area contributed by atoms with Crippen LogP contribution in [0, 0.1) is 5.82 Å². The van der Waals surface area contributed by atoms with E-state index in [9.17, 15) is 14.0 Å². The second kappa shape index (κ2) is 8.94. The topological polar surface area (TPSA) is 76.0 Å². The summed E-state index contributed by atoms with van der Waals surface area (Å²) in [4.78, 5) is 24.2. The van der Waals surface area contributed by atoms with E-state index in [0.717, 1.165) is 11.3 Å². The first-order valence-corrected chi connectivity index (χ1v) is 8.96. The minimum absolute atomic E-state index is 0.140. The third-order valence-corrected chi connectivity index (χ3v) is 4.28. The quantitative estimate of drug-likeness (QED) is 0.662. The second-order valence-electron chi connectivity index (χ2n) is 6.31. The molecule has 6 nitrogen and oxygen atoms in total. The highest BCUT2D eigenvalue weighted by atomic mass is 19.1. The maximum absolute atomic E-state index is 12.9. The van der Waals surface area contributed by atoms with Gasteiger partial charge in [0.1, 0.15) is 5.82 Å². The number of benzene rings is 2. The molecule has 144 valence electrons. The maximum atomic E-state index is 12.9. The Morgan fingerprint density at radius 3 is 2.57 bits per heavy atom. The highest BCUT2D eigenvalue weighted by Gasteiger charge is 2.14. The van der Waals surface area contributed by atoms with Crippen LogP contribution in [-0.2, 0) is 4.79 Å². The Hall–Kier alpha value is -3.48. The van der Waals surface area contributed by atoms with Gasteiger partial charge in [-0.15, -0.1) is 0 Å². The van der Waals surface area contributed by atoms with Crippen molar-refractivity contribution in [2.75, 3.05) is 6.54 Å². The highest BCUT2D eigenvalue weighted by molar-refractivity contribution is 5.94. The van der Waals surface area contributed by atoms with Crippen molar-refractivity contribution in [3.63, 3.8) is 0 Å². The number of para-hydroxylation sites is 1. The molecule has 3 aromatic rings. The van der Waals surface area contributed by atoms with Gasteiger partial charge in [-0.1, -0.05) is 18.2 Å². The van der Waals surface area contributed by atoms with Crippen LogP contribution in [0.5, 0.6) is 0 Å². The van der Waals surface area contributed by atoms with E-state index in [1.165, 1.54) is 24.3 Å². The smallest absolute Gasteiger partial charge is 0.251 e. The molecule has 2 N–H and O–H groups in total. The van der Waals surface area contributed by atoms with Crippen molar-refractivity contribution in [2.45, 2.75) is 19.4 Å². The average molecular weight is 380 g/mol. The fraction of sp³-hybridized carbons (Fsp3) is 0.190. The average Bonchev–Trinajstić information content (AvgIpc) is 3.23. The minimum Gasteiger partial charge on any atom is -0.352 e. The third kappa shape index (κ3) is 4.82. The Morgan fingerprint density at radius 2 is 1.86 bits per heavy atom. The summed E-state index contributed by atoms with van der Waals surface area (Å²) < 4.78 is 14.6. The van der Waals surface area contributed by atoms with Crippen LogP contribution in [0.1, 0.15) is 35.3 Å². The molecule has 0 radical (unpaired) electrons. The van der Waals surface area contributed by atoms with Gasteiger partial charge in [-0.2, -0.15) is 5.10 Å². The summed E-state index contributed by atoms with van der Waals surface area (Å²) in [5.41, 5.74) is 2.18.